The molecule has 0 fully saturated rings. The molecule has 0 aromatic heterocycles. The van der Waals surface area contributed by atoms with E-state index in [0.29, 0.717) is 29.8 Å². The summed E-state index contributed by atoms with van der Waals surface area (Å²) in [6.45, 7) is 7.57. The van der Waals surface area contributed by atoms with Crippen molar-refractivity contribution in [2.45, 2.75) is 58.8 Å². The molecule has 0 saturated carbocycles. The lowest BCUT2D eigenvalue weighted by Crippen LogP contribution is -2.23. The smallest absolute Gasteiger partial charge is 0.166 e. The SMILES string of the molecule is Cc1cc(C)cc(P(CC2=C(P(c3cc(C(F)(F)F)cc(C(F)(F)F)c3)c3cc(C(F)(F)F)cc(C(F)(F)F)c3)CC=C2)c2cc(C)cc(C)c2)c1. The topological polar surface area (TPSA) is 0 Å². The monoisotopic (exact) mass is 776 g/mol. The molecule has 0 atom stereocenters. The highest BCUT2D eigenvalue weighted by Crippen LogP contribution is 2.53. The van der Waals surface area contributed by atoms with Crippen LogP contribution in [0, 0.1) is 27.7 Å². The predicted molar refractivity (Wildman–Crippen MR) is 183 cm³/mol. The molecule has 0 bridgehead atoms. The lowest BCUT2D eigenvalue weighted by molar-refractivity contribution is -0.144. The molecule has 0 radical (unpaired) electrons. The highest BCUT2D eigenvalue weighted by Gasteiger charge is 2.41. The molecule has 4 aromatic rings. The first-order valence-corrected chi connectivity index (χ1v) is 18.5. The summed E-state index contributed by atoms with van der Waals surface area (Å²) in [6, 6.07) is 13.1. The number of allylic oxidation sites excluding steroid dienone is 4. The average molecular weight is 777 g/mol. The Bertz CT molecular complexity index is 1820. The number of hydrogen-bond donors (Lipinski definition) is 0. The highest BCUT2D eigenvalue weighted by atomic mass is 31.1. The van der Waals surface area contributed by atoms with Crippen molar-refractivity contribution in [2.75, 3.05) is 6.16 Å². The molecular weight excluding hydrogens is 746 g/mol. The van der Waals surface area contributed by atoms with Crippen LogP contribution in [-0.4, -0.2) is 6.16 Å². The zero-order valence-electron chi connectivity index (χ0n) is 27.9. The zero-order chi connectivity index (χ0) is 38.6. The quantitative estimate of drug-likeness (QED) is 0.130. The Morgan fingerprint density at radius 1 is 0.442 bits per heavy atom. The third-order valence-electron chi connectivity index (χ3n) is 8.30. The Labute approximate surface area is 294 Å². The van der Waals surface area contributed by atoms with Crippen molar-refractivity contribution < 1.29 is 52.7 Å². The first kappa shape index (κ1) is 39.6. The molecule has 1 aliphatic carbocycles. The summed E-state index contributed by atoms with van der Waals surface area (Å²) in [5, 5.41) is 0.596. The van der Waals surface area contributed by atoms with Gasteiger partial charge >= 0.3 is 24.7 Å². The Morgan fingerprint density at radius 2 is 0.769 bits per heavy atom. The van der Waals surface area contributed by atoms with Crippen molar-refractivity contribution in [3.05, 3.63) is 140 Å². The lowest BCUT2D eigenvalue weighted by Gasteiger charge is -2.27. The summed E-state index contributed by atoms with van der Waals surface area (Å²) in [4.78, 5) is 0. The number of aryl methyl sites for hydroxylation is 4. The second-order valence-corrected chi connectivity index (χ2v) is 17.2. The van der Waals surface area contributed by atoms with Crippen LogP contribution >= 0.6 is 15.8 Å². The Kier molecular flexibility index (Phi) is 10.9. The third kappa shape index (κ3) is 9.11. The summed E-state index contributed by atoms with van der Waals surface area (Å²) < 4.78 is 169. The van der Waals surface area contributed by atoms with Crippen molar-refractivity contribution in [1.82, 2.24) is 0 Å². The minimum absolute atomic E-state index is 0.112. The molecule has 4 aromatic carbocycles. The van der Waals surface area contributed by atoms with E-state index in [4.69, 9.17) is 0 Å². The van der Waals surface area contributed by atoms with Crippen molar-refractivity contribution in [2.24, 2.45) is 0 Å². The third-order valence-corrected chi connectivity index (χ3v) is 13.3. The van der Waals surface area contributed by atoms with Crippen LogP contribution in [0.5, 0.6) is 0 Å². The van der Waals surface area contributed by atoms with Crippen LogP contribution in [0.4, 0.5) is 52.7 Å². The number of rotatable bonds is 7. The molecule has 0 N–H and O–H groups in total. The molecule has 276 valence electrons. The standard InChI is InChI=1S/C38H30F12P2/c1-21-8-22(2)11-30(10-21)51(31-12-23(3)9-24(4)13-31)20-25-6-5-7-34(25)52(32-16-26(35(39,40)41)14-27(17-32)36(42,43)44)33-18-28(37(45,46)47)15-29(19-33)38(48,49)50/h5-6,8-19H,7,20H2,1-4H3. The van der Waals surface area contributed by atoms with Gasteiger partial charge in [-0.05, 0) is 118 Å². The number of alkyl halides is 12. The van der Waals surface area contributed by atoms with Gasteiger partial charge in [0.25, 0.3) is 0 Å². The zero-order valence-corrected chi connectivity index (χ0v) is 29.7. The number of halogens is 12. The van der Waals surface area contributed by atoms with Crippen LogP contribution in [0.1, 0.15) is 50.9 Å². The number of benzene rings is 4. The van der Waals surface area contributed by atoms with E-state index in [1.807, 2.05) is 64.1 Å². The molecule has 0 heterocycles. The van der Waals surface area contributed by atoms with Gasteiger partial charge in [0.15, 0.2) is 0 Å². The van der Waals surface area contributed by atoms with Crippen molar-refractivity contribution >= 4 is 37.1 Å². The van der Waals surface area contributed by atoms with E-state index < -0.39 is 73.4 Å². The molecule has 0 saturated heterocycles. The molecule has 1 aliphatic rings. The predicted octanol–water partition coefficient (Wildman–Crippen LogP) is 11.8. The lowest BCUT2D eigenvalue weighted by atomic mass is 10.1. The van der Waals surface area contributed by atoms with Gasteiger partial charge in [-0.1, -0.05) is 70.8 Å². The van der Waals surface area contributed by atoms with Crippen LogP contribution in [0.3, 0.4) is 0 Å². The molecule has 5 rings (SSSR count). The molecule has 0 unspecified atom stereocenters. The summed E-state index contributed by atoms with van der Waals surface area (Å²) in [6.07, 6.45) is -18.0. The fourth-order valence-corrected chi connectivity index (χ4v) is 11.8. The van der Waals surface area contributed by atoms with Crippen molar-refractivity contribution in [3.63, 3.8) is 0 Å². The van der Waals surface area contributed by atoms with Crippen LogP contribution in [0.15, 0.2) is 95.8 Å². The maximum atomic E-state index is 14.1. The van der Waals surface area contributed by atoms with Gasteiger partial charge in [-0.3, -0.25) is 0 Å². The fourth-order valence-electron chi connectivity index (χ4n) is 6.23. The van der Waals surface area contributed by atoms with Crippen LogP contribution in [0.2, 0.25) is 0 Å². The molecule has 0 aliphatic heterocycles. The molecule has 52 heavy (non-hydrogen) atoms. The molecule has 0 amide bonds. The minimum atomic E-state index is -5.31. The first-order valence-electron chi connectivity index (χ1n) is 15.6. The summed E-state index contributed by atoms with van der Waals surface area (Å²) >= 11 is 0. The van der Waals surface area contributed by atoms with Gasteiger partial charge in [0.1, 0.15) is 0 Å². The summed E-state index contributed by atoms with van der Waals surface area (Å²) in [5.41, 5.74) is -2.78. The van der Waals surface area contributed by atoms with Crippen LogP contribution in [-0.2, 0) is 24.7 Å². The molecule has 0 nitrogen and oxygen atoms in total. The van der Waals surface area contributed by atoms with Crippen LogP contribution in [0.25, 0.3) is 0 Å². The van der Waals surface area contributed by atoms with Crippen LogP contribution < -0.4 is 21.2 Å². The highest BCUT2D eigenvalue weighted by molar-refractivity contribution is 7.77. The van der Waals surface area contributed by atoms with Crippen molar-refractivity contribution in [3.8, 4) is 0 Å². The van der Waals surface area contributed by atoms with E-state index >= 15 is 0 Å². The van der Waals surface area contributed by atoms with Gasteiger partial charge < -0.3 is 0 Å². The fraction of sp³-hybridized carbons (Fsp3) is 0.263. The van der Waals surface area contributed by atoms with Gasteiger partial charge in [-0.25, -0.2) is 0 Å². The van der Waals surface area contributed by atoms with E-state index in [2.05, 4.69) is 0 Å². The average Bonchev–Trinajstić information content (AvgIpc) is 3.44. The van der Waals surface area contributed by atoms with Gasteiger partial charge in [0.05, 0.1) is 22.3 Å². The largest absolute Gasteiger partial charge is 0.416 e. The van der Waals surface area contributed by atoms with Gasteiger partial charge in [0, 0.05) is 6.16 Å². The van der Waals surface area contributed by atoms with E-state index in [-0.39, 0.29) is 30.0 Å². The molecule has 14 heteroatoms. The molecular formula is C38H30F12P2. The van der Waals surface area contributed by atoms with Gasteiger partial charge in [0.2, 0.25) is 0 Å². The molecule has 0 spiro atoms. The Balaban J connectivity index is 1.84. The normalized spacial score (nSPS) is 14.3. The Morgan fingerprint density at radius 3 is 1.08 bits per heavy atom. The van der Waals surface area contributed by atoms with E-state index in [1.54, 1.807) is 12.2 Å². The van der Waals surface area contributed by atoms with E-state index in [9.17, 15) is 52.7 Å². The first-order chi connectivity index (χ1) is 23.9. The number of hydrogen-bond acceptors (Lipinski definition) is 0. The second-order valence-electron chi connectivity index (χ2n) is 12.7. The van der Waals surface area contributed by atoms with Gasteiger partial charge in [-0.2, -0.15) is 52.7 Å². The summed E-state index contributed by atoms with van der Waals surface area (Å²) in [7, 11) is -4.14. The van der Waals surface area contributed by atoms with E-state index in [0.717, 1.165) is 32.9 Å². The second kappa shape index (κ2) is 14.3. The van der Waals surface area contributed by atoms with Crippen molar-refractivity contribution in [1.29, 1.82) is 0 Å². The maximum Gasteiger partial charge on any atom is 0.416 e. The van der Waals surface area contributed by atoms with Gasteiger partial charge in [-0.15, -0.1) is 0 Å². The summed E-state index contributed by atoms with van der Waals surface area (Å²) in [5.74, 6) is 0. The Hall–Kier alpha value is -3.62. The maximum absolute atomic E-state index is 14.1. The van der Waals surface area contributed by atoms with E-state index in [1.165, 1.54) is 0 Å². The minimum Gasteiger partial charge on any atom is -0.166 e.